The van der Waals surface area contributed by atoms with Crippen molar-refractivity contribution < 1.29 is 40.6 Å². The number of carbonyl (C=O) groups is 2. The molecule has 2 atom stereocenters. The summed E-state index contributed by atoms with van der Waals surface area (Å²) in [5.74, 6) is -5.10. The fourth-order valence-corrected chi connectivity index (χ4v) is 6.38. The number of rotatable bonds is 9. The van der Waals surface area contributed by atoms with Crippen LogP contribution in [0.1, 0.15) is 16.8 Å². The Kier molecular flexibility index (Phi) is 9.12. The van der Waals surface area contributed by atoms with Crippen LogP contribution in [-0.4, -0.2) is 37.8 Å². The Labute approximate surface area is 216 Å². The molecule has 0 saturated carbocycles. The lowest BCUT2D eigenvalue weighted by molar-refractivity contribution is -0.173. The van der Waals surface area contributed by atoms with Crippen LogP contribution in [0.25, 0.3) is 16.2 Å². The van der Waals surface area contributed by atoms with Crippen LogP contribution >= 0.6 is 30.3 Å². The van der Waals surface area contributed by atoms with Crippen LogP contribution in [-0.2, 0) is 18.7 Å². The van der Waals surface area contributed by atoms with Crippen molar-refractivity contribution in [2.45, 2.75) is 11.8 Å². The van der Waals surface area contributed by atoms with Gasteiger partial charge in [0.2, 0.25) is 13.3 Å². The highest BCUT2D eigenvalue weighted by Crippen LogP contribution is 2.58. The van der Waals surface area contributed by atoms with Crippen molar-refractivity contribution in [1.82, 2.24) is 10.6 Å². The smallest absolute Gasteiger partial charge is 0.346 e. The van der Waals surface area contributed by atoms with Gasteiger partial charge in [-0.25, -0.2) is 8.78 Å². The quantitative estimate of drug-likeness (QED) is 0.178. The minimum Gasteiger partial charge on any atom is -0.346 e. The van der Waals surface area contributed by atoms with E-state index in [9.17, 15) is 36.1 Å². The lowest BCUT2D eigenvalue weighted by Crippen LogP contribution is -2.38. The summed E-state index contributed by atoms with van der Waals surface area (Å²) in [6.45, 7) is -0.0143. The maximum atomic E-state index is 13.6. The Morgan fingerprint density at radius 1 is 1.16 bits per heavy atom. The summed E-state index contributed by atoms with van der Waals surface area (Å²) in [6, 6.07) is 8.01. The number of carbonyl (C=O) groups excluding carboxylic acids is 2. The molecule has 1 aromatic heterocycles. The lowest BCUT2D eigenvalue weighted by atomic mass is 10.1. The van der Waals surface area contributed by atoms with Crippen molar-refractivity contribution >= 4 is 58.3 Å². The van der Waals surface area contributed by atoms with Gasteiger partial charge >= 0.3 is 12.1 Å². The van der Waals surface area contributed by atoms with Crippen LogP contribution in [0.5, 0.6) is 0 Å². The molecule has 2 N–H and O–H groups in total. The van der Waals surface area contributed by atoms with E-state index in [-0.39, 0.29) is 5.56 Å². The van der Waals surface area contributed by atoms with E-state index in [2.05, 4.69) is 5.32 Å². The lowest BCUT2D eigenvalue weighted by Gasteiger charge is -2.23. The summed E-state index contributed by atoms with van der Waals surface area (Å²) >= 11 is 7.34. The molecule has 2 amide bonds. The van der Waals surface area contributed by atoms with E-state index in [1.807, 2.05) is 0 Å². The molecule has 2 unspecified atom stereocenters. The first-order valence-corrected chi connectivity index (χ1v) is 13.8. The third-order valence-corrected chi connectivity index (χ3v) is 8.38. The van der Waals surface area contributed by atoms with E-state index in [1.54, 1.807) is 28.9 Å². The van der Waals surface area contributed by atoms with Crippen molar-refractivity contribution in [2.24, 2.45) is 0 Å². The second-order valence-electron chi connectivity index (χ2n) is 7.75. The van der Waals surface area contributed by atoms with E-state index in [4.69, 9.17) is 16.1 Å². The van der Waals surface area contributed by atoms with Crippen LogP contribution in [0, 0.1) is 11.6 Å². The highest BCUT2D eigenvalue weighted by molar-refractivity contribution is 7.59. The zero-order valence-electron chi connectivity index (χ0n) is 18.9. The number of nitrogens with one attached hydrogen (secondary N) is 2. The standard InChI is InChI=1S/C23H19ClF5N2O4PS/c1-36(34,35-9-8-31-22(33)23(27,28)29)20(16-12-37-19-5-3-14(24)11-15(16)19)21(32)30-7-6-13-2-4-17(25)18(26)10-13/h2-7,10-12,20H,8-9H2,1H3,(H,30,32)(H,31,33)/b7-6+. The largest absolute Gasteiger partial charge is 0.471 e. The molecule has 0 aliphatic heterocycles. The molecule has 1 heterocycles. The topological polar surface area (TPSA) is 84.5 Å². The van der Waals surface area contributed by atoms with Gasteiger partial charge in [0, 0.05) is 29.1 Å². The van der Waals surface area contributed by atoms with Crippen LogP contribution in [0.2, 0.25) is 5.02 Å². The Balaban J connectivity index is 1.84. The first-order chi connectivity index (χ1) is 17.3. The maximum Gasteiger partial charge on any atom is 0.471 e. The molecular weight excluding hydrogens is 562 g/mol. The Bertz CT molecular complexity index is 1400. The molecule has 0 fully saturated rings. The van der Waals surface area contributed by atoms with Crippen LogP contribution in [0.3, 0.4) is 0 Å². The molecule has 0 bridgehead atoms. The molecule has 14 heteroatoms. The molecule has 0 aliphatic rings. The van der Waals surface area contributed by atoms with Crippen molar-refractivity contribution in [3.05, 3.63) is 75.8 Å². The number of hydrogen-bond donors (Lipinski definition) is 2. The molecule has 0 saturated heterocycles. The zero-order chi connectivity index (χ0) is 27.4. The minimum absolute atomic E-state index is 0.236. The fourth-order valence-electron chi connectivity index (χ4n) is 3.32. The first-order valence-electron chi connectivity index (χ1n) is 10.4. The Morgan fingerprint density at radius 2 is 1.89 bits per heavy atom. The molecule has 0 aliphatic carbocycles. The number of thiophene rings is 1. The van der Waals surface area contributed by atoms with Crippen molar-refractivity contribution in [1.29, 1.82) is 0 Å². The number of amides is 2. The molecule has 3 aromatic rings. The maximum absolute atomic E-state index is 13.6. The third-order valence-electron chi connectivity index (χ3n) is 5.02. The van der Waals surface area contributed by atoms with Gasteiger partial charge in [-0.15, -0.1) is 11.3 Å². The number of hydrogen-bond acceptors (Lipinski definition) is 5. The van der Waals surface area contributed by atoms with Gasteiger partial charge in [0.15, 0.2) is 11.6 Å². The van der Waals surface area contributed by atoms with Crippen molar-refractivity contribution in [3.8, 4) is 0 Å². The molecular formula is C23H19ClF5N2O4PS. The summed E-state index contributed by atoms with van der Waals surface area (Å²) in [5, 5.41) is 6.51. The monoisotopic (exact) mass is 580 g/mol. The average Bonchev–Trinajstić information content (AvgIpc) is 3.20. The zero-order valence-corrected chi connectivity index (χ0v) is 21.4. The van der Waals surface area contributed by atoms with E-state index in [0.717, 1.165) is 29.7 Å². The number of benzene rings is 2. The van der Waals surface area contributed by atoms with E-state index >= 15 is 0 Å². The van der Waals surface area contributed by atoms with Crippen LogP contribution < -0.4 is 10.6 Å². The molecule has 198 valence electrons. The van der Waals surface area contributed by atoms with Gasteiger partial charge in [0.05, 0.1) is 6.61 Å². The summed E-state index contributed by atoms with van der Waals surface area (Å²) in [7, 11) is -3.92. The summed E-state index contributed by atoms with van der Waals surface area (Å²) in [6.07, 6.45) is -2.66. The van der Waals surface area contributed by atoms with Gasteiger partial charge < -0.3 is 15.2 Å². The van der Waals surface area contributed by atoms with Gasteiger partial charge in [-0.05, 0) is 58.3 Å². The number of fused-ring (bicyclic) bond motifs is 1. The van der Waals surface area contributed by atoms with Crippen molar-refractivity contribution in [2.75, 3.05) is 19.8 Å². The SMILES string of the molecule is CP(=O)(OCCNC(=O)C(F)(F)F)C(C(=O)N/C=C/c1ccc(F)c(F)c1)c1csc2ccc(Cl)cc12. The number of halogens is 6. The summed E-state index contributed by atoms with van der Waals surface area (Å²) < 4.78 is 83.3. The first kappa shape index (κ1) is 28.8. The second kappa shape index (κ2) is 11.7. The van der Waals surface area contributed by atoms with Crippen molar-refractivity contribution in [3.63, 3.8) is 0 Å². The Morgan fingerprint density at radius 3 is 2.57 bits per heavy atom. The van der Waals surface area contributed by atoms with Gasteiger partial charge in [-0.3, -0.25) is 14.2 Å². The molecule has 0 spiro atoms. The third kappa shape index (κ3) is 7.38. The summed E-state index contributed by atoms with van der Waals surface area (Å²) in [5.41, 5.74) is -0.862. The fraction of sp³-hybridized carbons (Fsp3) is 0.217. The number of alkyl halides is 3. The predicted molar refractivity (Wildman–Crippen MR) is 132 cm³/mol. The normalized spacial score (nSPS) is 14.5. The second-order valence-corrected chi connectivity index (χ2v) is 11.7. The van der Waals surface area contributed by atoms with Gasteiger partial charge in [0.1, 0.15) is 5.66 Å². The predicted octanol–water partition coefficient (Wildman–Crippen LogP) is 6.26. The molecule has 3 rings (SSSR count). The molecule has 2 aromatic carbocycles. The van der Waals surface area contributed by atoms with E-state index < -0.39 is 55.8 Å². The molecule has 6 nitrogen and oxygen atoms in total. The van der Waals surface area contributed by atoms with E-state index in [0.29, 0.717) is 16.0 Å². The highest BCUT2D eigenvalue weighted by atomic mass is 35.5. The molecule has 37 heavy (non-hydrogen) atoms. The average molecular weight is 581 g/mol. The molecule has 0 radical (unpaired) electrons. The van der Waals surface area contributed by atoms with Crippen LogP contribution in [0.15, 0.2) is 48.0 Å². The van der Waals surface area contributed by atoms with Gasteiger partial charge in [0.25, 0.3) is 0 Å². The minimum atomic E-state index is -5.09. The van der Waals surface area contributed by atoms with Crippen LogP contribution in [0.4, 0.5) is 22.0 Å². The Hall–Kier alpha value is -2.79. The summed E-state index contributed by atoms with van der Waals surface area (Å²) in [4.78, 5) is 24.2. The van der Waals surface area contributed by atoms with E-state index in [1.165, 1.54) is 23.5 Å². The van der Waals surface area contributed by atoms with Gasteiger partial charge in [-0.2, -0.15) is 13.2 Å². The highest BCUT2D eigenvalue weighted by Gasteiger charge is 2.40. The van der Waals surface area contributed by atoms with Gasteiger partial charge in [-0.1, -0.05) is 17.7 Å².